The largest absolute Gasteiger partial charge is 0.469 e. The van der Waals surface area contributed by atoms with Crippen LogP contribution in [0.15, 0.2) is 0 Å². The molecule has 0 amide bonds. The summed E-state index contributed by atoms with van der Waals surface area (Å²) in [4.78, 5) is 22.0. The van der Waals surface area contributed by atoms with Crippen LogP contribution in [0.5, 0.6) is 0 Å². The summed E-state index contributed by atoms with van der Waals surface area (Å²) in [5.41, 5.74) is 0. The van der Waals surface area contributed by atoms with Crippen molar-refractivity contribution >= 4 is 11.9 Å². The highest BCUT2D eigenvalue weighted by Gasteiger charge is 2.23. The van der Waals surface area contributed by atoms with E-state index in [0.29, 0.717) is 6.61 Å². The van der Waals surface area contributed by atoms with Gasteiger partial charge in [0.15, 0.2) is 6.10 Å². The molecule has 0 rings (SSSR count). The van der Waals surface area contributed by atoms with Crippen LogP contribution in [0, 0.1) is 0 Å². The van der Waals surface area contributed by atoms with Crippen LogP contribution in [0.3, 0.4) is 0 Å². The molecule has 0 aromatic rings. The van der Waals surface area contributed by atoms with Gasteiger partial charge in [-0.15, -0.1) is 0 Å². The number of ether oxygens (including phenoxy) is 3. The summed E-state index contributed by atoms with van der Waals surface area (Å²) in [7, 11) is 2.51. The Kier molecular flexibility index (Phi) is 6.74. The van der Waals surface area contributed by atoms with Crippen LogP contribution in [-0.2, 0) is 23.8 Å². The molecule has 0 aromatic heterocycles. The molecule has 0 saturated carbocycles. The zero-order chi connectivity index (χ0) is 11.0. The summed E-state index contributed by atoms with van der Waals surface area (Å²) < 4.78 is 14.1. The molecule has 0 unspecified atom stereocenters. The van der Waals surface area contributed by atoms with E-state index in [0.717, 1.165) is 6.42 Å². The van der Waals surface area contributed by atoms with E-state index in [1.54, 1.807) is 0 Å². The third-order valence-corrected chi connectivity index (χ3v) is 1.57. The Morgan fingerprint density at radius 2 is 1.86 bits per heavy atom. The van der Waals surface area contributed by atoms with E-state index in [2.05, 4.69) is 9.47 Å². The zero-order valence-electron chi connectivity index (χ0n) is 8.74. The van der Waals surface area contributed by atoms with E-state index < -0.39 is 18.0 Å². The smallest absolute Gasteiger partial charge is 0.335 e. The molecular weight excluding hydrogens is 188 g/mol. The van der Waals surface area contributed by atoms with Crippen molar-refractivity contribution in [1.29, 1.82) is 0 Å². The standard InChI is InChI=1S/C9H16O5/c1-4-5-14-7(9(11)13-3)6-8(10)12-2/h7H,4-6H2,1-3H3/t7-/m0/s1. The monoisotopic (exact) mass is 204 g/mol. The average molecular weight is 204 g/mol. The van der Waals surface area contributed by atoms with Crippen molar-refractivity contribution in [3.8, 4) is 0 Å². The molecule has 0 aliphatic carbocycles. The third-order valence-electron chi connectivity index (χ3n) is 1.57. The molecule has 0 aliphatic heterocycles. The fourth-order valence-corrected chi connectivity index (χ4v) is 0.837. The van der Waals surface area contributed by atoms with Crippen molar-refractivity contribution in [3.05, 3.63) is 0 Å². The lowest BCUT2D eigenvalue weighted by molar-refractivity contribution is -0.160. The number of carbonyl (C=O) groups excluding carboxylic acids is 2. The van der Waals surface area contributed by atoms with Crippen molar-refractivity contribution in [3.63, 3.8) is 0 Å². The molecule has 5 nitrogen and oxygen atoms in total. The van der Waals surface area contributed by atoms with Crippen LogP contribution in [0.2, 0.25) is 0 Å². The highest BCUT2D eigenvalue weighted by Crippen LogP contribution is 2.03. The minimum Gasteiger partial charge on any atom is -0.469 e. The van der Waals surface area contributed by atoms with Crippen molar-refractivity contribution in [2.75, 3.05) is 20.8 Å². The van der Waals surface area contributed by atoms with Crippen molar-refractivity contribution in [1.82, 2.24) is 0 Å². The summed E-state index contributed by atoms with van der Waals surface area (Å²) in [6, 6.07) is 0. The maximum Gasteiger partial charge on any atom is 0.335 e. The zero-order valence-corrected chi connectivity index (χ0v) is 8.74. The Balaban J connectivity index is 4.09. The first kappa shape index (κ1) is 12.9. The van der Waals surface area contributed by atoms with E-state index in [1.165, 1.54) is 14.2 Å². The molecular formula is C9H16O5. The van der Waals surface area contributed by atoms with Crippen LogP contribution in [-0.4, -0.2) is 38.9 Å². The van der Waals surface area contributed by atoms with Gasteiger partial charge in [-0.05, 0) is 6.42 Å². The van der Waals surface area contributed by atoms with Gasteiger partial charge in [0.05, 0.1) is 20.6 Å². The Hall–Kier alpha value is -1.10. The summed E-state index contributed by atoms with van der Waals surface area (Å²) in [6.45, 7) is 2.32. The topological polar surface area (TPSA) is 61.8 Å². The Labute approximate surface area is 83.3 Å². The van der Waals surface area contributed by atoms with Gasteiger partial charge in [-0.1, -0.05) is 6.92 Å². The van der Waals surface area contributed by atoms with Crippen LogP contribution >= 0.6 is 0 Å². The number of esters is 2. The SMILES string of the molecule is CCCO[C@@H](CC(=O)OC)C(=O)OC. The second-order valence-electron chi connectivity index (χ2n) is 2.66. The average Bonchev–Trinajstić information content (AvgIpc) is 2.22. The quantitative estimate of drug-likeness (QED) is 0.590. The highest BCUT2D eigenvalue weighted by atomic mass is 16.6. The minimum absolute atomic E-state index is 0.108. The molecule has 14 heavy (non-hydrogen) atoms. The lowest BCUT2D eigenvalue weighted by Gasteiger charge is -2.13. The predicted octanol–water partition coefficient (Wildman–Crippen LogP) is 0.518. The van der Waals surface area contributed by atoms with Gasteiger partial charge in [-0.3, -0.25) is 4.79 Å². The van der Waals surface area contributed by atoms with Gasteiger partial charge in [0.2, 0.25) is 0 Å². The molecule has 0 spiro atoms. The number of hydrogen-bond donors (Lipinski definition) is 0. The maximum absolute atomic E-state index is 11.1. The van der Waals surface area contributed by atoms with E-state index in [-0.39, 0.29) is 6.42 Å². The lowest BCUT2D eigenvalue weighted by atomic mass is 10.2. The van der Waals surface area contributed by atoms with E-state index in [1.807, 2.05) is 6.92 Å². The second-order valence-corrected chi connectivity index (χ2v) is 2.66. The Bertz CT molecular complexity index is 190. The number of rotatable bonds is 6. The second kappa shape index (κ2) is 7.32. The first-order chi connectivity index (χ1) is 6.65. The molecule has 1 atom stereocenters. The summed E-state index contributed by atoms with van der Waals surface area (Å²) >= 11 is 0. The normalized spacial score (nSPS) is 11.9. The maximum atomic E-state index is 11.1. The Morgan fingerprint density at radius 1 is 1.21 bits per heavy atom. The first-order valence-corrected chi connectivity index (χ1v) is 4.41. The van der Waals surface area contributed by atoms with Gasteiger partial charge >= 0.3 is 11.9 Å². The van der Waals surface area contributed by atoms with Gasteiger partial charge in [-0.2, -0.15) is 0 Å². The minimum atomic E-state index is -0.854. The van der Waals surface area contributed by atoms with Gasteiger partial charge in [-0.25, -0.2) is 4.79 Å². The van der Waals surface area contributed by atoms with Crippen molar-refractivity contribution < 1.29 is 23.8 Å². The van der Waals surface area contributed by atoms with Crippen LogP contribution in [0.4, 0.5) is 0 Å². The van der Waals surface area contributed by atoms with Gasteiger partial charge in [0.25, 0.3) is 0 Å². The number of carbonyl (C=O) groups is 2. The molecule has 0 aromatic carbocycles. The molecule has 0 aliphatic rings. The van der Waals surface area contributed by atoms with E-state index in [9.17, 15) is 9.59 Å². The van der Waals surface area contributed by atoms with E-state index in [4.69, 9.17) is 4.74 Å². The molecule has 5 heteroatoms. The fraction of sp³-hybridized carbons (Fsp3) is 0.778. The molecule has 0 bridgehead atoms. The fourth-order valence-electron chi connectivity index (χ4n) is 0.837. The lowest BCUT2D eigenvalue weighted by Crippen LogP contribution is -2.29. The molecule has 82 valence electrons. The number of hydrogen-bond acceptors (Lipinski definition) is 5. The van der Waals surface area contributed by atoms with Crippen LogP contribution in [0.1, 0.15) is 19.8 Å². The Morgan fingerprint density at radius 3 is 2.29 bits per heavy atom. The van der Waals surface area contributed by atoms with Gasteiger partial charge in [0.1, 0.15) is 0 Å². The molecule has 0 N–H and O–H groups in total. The van der Waals surface area contributed by atoms with Gasteiger partial charge in [0, 0.05) is 6.61 Å². The third kappa shape index (κ3) is 4.81. The highest BCUT2D eigenvalue weighted by molar-refractivity contribution is 5.81. The van der Waals surface area contributed by atoms with Gasteiger partial charge < -0.3 is 14.2 Å². The van der Waals surface area contributed by atoms with E-state index >= 15 is 0 Å². The summed E-state index contributed by atoms with van der Waals surface area (Å²) in [6.07, 6.45) is -0.190. The van der Waals surface area contributed by atoms with Crippen molar-refractivity contribution in [2.24, 2.45) is 0 Å². The summed E-state index contributed by atoms with van der Waals surface area (Å²) in [5, 5.41) is 0. The van der Waals surface area contributed by atoms with Crippen molar-refractivity contribution in [2.45, 2.75) is 25.9 Å². The first-order valence-electron chi connectivity index (χ1n) is 4.41. The molecule has 0 fully saturated rings. The molecule has 0 heterocycles. The molecule has 0 saturated heterocycles. The molecule has 0 radical (unpaired) electrons. The van der Waals surface area contributed by atoms with Crippen LogP contribution in [0.25, 0.3) is 0 Å². The van der Waals surface area contributed by atoms with Crippen LogP contribution < -0.4 is 0 Å². The predicted molar refractivity (Wildman–Crippen MR) is 48.7 cm³/mol. The number of methoxy groups -OCH3 is 2. The summed E-state index contributed by atoms with van der Waals surface area (Å²) in [5.74, 6) is -1.04.